The second-order valence-electron chi connectivity index (χ2n) is 3.21. The molecule has 0 saturated carbocycles. The van der Waals surface area contributed by atoms with Crippen molar-refractivity contribution in [2.75, 3.05) is 0 Å². The third kappa shape index (κ3) is 3.10. The van der Waals surface area contributed by atoms with Gasteiger partial charge < -0.3 is 5.73 Å². The van der Waals surface area contributed by atoms with Crippen LogP contribution in [0.3, 0.4) is 0 Å². The molecule has 0 aromatic heterocycles. The maximum Gasteiger partial charge on any atom is 0.231 e. The molecule has 2 nitrogen and oxygen atoms in total. The van der Waals surface area contributed by atoms with Gasteiger partial charge >= 0.3 is 0 Å². The molecular formula is C10H11BrFNO. The molecule has 1 unspecified atom stereocenters. The van der Waals surface area contributed by atoms with E-state index in [1.54, 1.807) is 6.92 Å². The molecule has 0 fully saturated rings. The summed E-state index contributed by atoms with van der Waals surface area (Å²) in [6, 6.07) is 4.68. The van der Waals surface area contributed by atoms with Crippen LogP contribution >= 0.6 is 15.9 Å². The average Bonchev–Trinajstić information content (AvgIpc) is 2.01. The van der Waals surface area contributed by atoms with Crippen molar-refractivity contribution >= 4 is 21.8 Å². The molecule has 1 amide bonds. The number of hydrogen-bond donors (Lipinski definition) is 1. The summed E-state index contributed by atoms with van der Waals surface area (Å²) < 4.78 is 12.9. The second-order valence-corrected chi connectivity index (χ2v) is 4.32. The maximum atomic E-state index is 12.9. The number of rotatable bonds is 3. The zero-order valence-electron chi connectivity index (χ0n) is 7.76. The first-order chi connectivity index (χ1) is 6.49. The molecule has 76 valence electrons. The van der Waals surface area contributed by atoms with Gasteiger partial charge in [-0.2, -0.15) is 0 Å². The number of nitrogens with two attached hydrogens (primary N) is 1. The van der Waals surface area contributed by atoms with E-state index in [-0.39, 0.29) is 5.82 Å². The van der Waals surface area contributed by atoms with E-state index < -0.39 is 10.7 Å². The minimum Gasteiger partial charge on any atom is -0.369 e. The van der Waals surface area contributed by atoms with Crippen LogP contribution in [0, 0.1) is 12.7 Å². The predicted octanol–water partition coefficient (Wildman–Crippen LogP) is 1.93. The van der Waals surface area contributed by atoms with Gasteiger partial charge in [0.1, 0.15) is 5.82 Å². The molecular weight excluding hydrogens is 249 g/mol. The Hall–Kier alpha value is -0.900. The zero-order valence-corrected chi connectivity index (χ0v) is 9.34. The highest BCUT2D eigenvalue weighted by molar-refractivity contribution is 9.10. The fraction of sp³-hybridized carbons (Fsp3) is 0.300. The van der Waals surface area contributed by atoms with Crippen molar-refractivity contribution in [2.45, 2.75) is 18.2 Å². The van der Waals surface area contributed by atoms with Crippen LogP contribution in [0.2, 0.25) is 0 Å². The number of primary amides is 1. The highest BCUT2D eigenvalue weighted by Gasteiger charge is 2.12. The standard InChI is InChI=1S/C10H11BrFNO/c1-6-2-7(4-8(12)3-6)5-9(11)10(13)14/h2-4,9H,5H2,1H3,(H2,13,14). The Kier molecular flexibility index (Phi) is 3.63. The lowest BCUT2D eigenvalue weighted by Crippen LogP contribution is -2.25. The topological polar surface area (TPSA) is 43.1 Å². The lowest BCUT2D eigenvalue weighted by Gasteiger charge is -2.06. The Morgan fingerprint density at radius 2 is 2.21 bits per heavy atom. The van der Waals surface area contributed by atoms with Gasteiger partial charge in [-0.1, -0.05) is 22.0 Å². The number of aryl methyl sites for hydroxylation is 1. The highest BCUT2D eigenvalue weighted by atomic mass is 79.9. The minimum absolute atomic E-state index is 0.288. The van der Waals surface area contributed by atoms with Crippen LogP contribution in [0.1, 0.15) is 11.1 Å². The van der Waals surface area contributed by atoms with E-state index in [0.29, 0.717) is 6.42 Å². The Bertz CT molecular complexity index is 334. The van der Waals surface area contributed by atoms with E-state index in [1.165, 1.54) is 12.1 Å². The first-order valence-corrected chi connectivity index (χ1v) is 5.10. The summed E-state index contributed by atoms with van der Waals surface area (Å²) in [5, 5.41) is 0. The van der Waals surface area contributed by atoms with Crippen LogP contribution in [-0.4, -0.2) is 10.7 Å². The van der Waals surface area contributed by atoms with E-state index in [1.807, 2.05) is 6.07 Å². The van der Waals surface area contributed by atoms with Crippen LogP contribution in [-0.2, 0) is 11.2 Å². The van der Waals surface area contributed by atoms with Crippen molar-refractivity contribution in [1.82, 2.24) is 0 Å². The lowest BCUT2D eigenvalue weighted by atomic mass is 10.1. The first kappa shape index (κ1) is 11.2. The van der Waals surface area contributed by atoms with Crippen molar-refractivity contribution < 1.29 is 9.18 Å². The molecule has 0 heterocycles. The summed E-state index contributed by atoms with van der Waals surface area (Å²) in [7, 11) is 0. The Morgan fingerprint density at radius 1 is 1.57 bits per heavy atom. The summed E-state index contributed by atoms with van der Waals surface area (Å²) in [5.74, 6) is -0.726. The van der Waals surface area contributed by atoms with Crippen molar-refractivity contribution in [3.8, 4) is 0 Å². The molecule has 0 aliphatic carbocycles. The number of halogens is 2. The van der Waals surface area contributed by atoms with Crippen LogP contribution in [0.5, 0.6) is 0 Å². The van der Waals surface area contributed by atoms with Gasteiger partial charge in [0.25, 0.3) is 0 Å². The molecule has 14 heavy (non-hydrogen) atoms. The maximum absolute atomic E-state index is 12.9. The normalized spacial score (nSPS) is 12.5. The van der Waals surface area contributed by atoms with Crippen molar-refractivity contribution in [3.05, 3.63) is 35.1 Å². The molecule has 4 heteroatoms. The van der Waals surface area contributed by atoms with Gasteiger partial charge in [-0.15, -0.1) is 0 Å². The molecule has 1 aromatic rings. The molecule has 0 radical (unpaired) electrons. The molecule has 1 atom stereocenters. The molecule has 2 N–H and O–H groups in total. The number of carbonyl (C=O) groups is 1. The smallest absolute Gasteiger partial charge is 0.231 e. The molecule has 0 saturated heterocycles. The van der Waals surface area contributed by atoms with Crippen LogP contribution in [0.15, 0.2) is 18.2 Å². The summed E-state index contributed by atoms with van der Waals surface area (Å²) in [6.45, 7) is 1.81. The van der Waals surface area contributed by atoms with Gasteiger partial charge in [0.2, 0.25) is 5.91 Å². The average molecular weight is 260 g/mol. The third-order valence-corrected chi connectivity index (χ3v) is 2.60. The predicted molar refractivity (Wildman–Crippen MR) is 56.8 cm³/mol. The monoisotopic (exact) mass is 259 g/mol. The summed E-state index contributed by atoms with van der Waals surface area (Å²) >= 11 is 3.13. The van der Waals surface area contributed by atoms with E-state index >= 15 is 0 Å². The van der Waals surface area contributed by atoms with Crippen LogP contribution in [0.25, 0.3) is 0 Å². The Morgan fingerprint density at radius 3 is 2.71 bits per heavy atom. The Balaban J connectivity index is 2.81. The van der Waals surface area contributed by atoms with Crippen molar-refractivity contribution in [3.63, 3.8) is 0 Å². The quantitative estimate of drug-likeness (QED) is 0.829. The largest absolute Gasteiger partial charge is 0.369 e. The van der Waals surface area contributed by atoms with Gasteiger partial charge in [0.05, 0.1) is 4.83 Å². The van der Waals surface area contributed by atoms with Crippen molar-refractivity contribution in [2.24, 2.45) is 5.73 Å². The van der Waals surface area contributed by atoms with Gasteiger partial charge in [-0.05, 0) is 36.6 Å². The molecule has 0 aliphatic rings. The van der Waals surface area contributed by atoms with Crippen LogP contribution in [0.4, 0.5) is 4.39 Å². The van der Waals surface area contributed by atoms with Gasteiger partial charge in [-0.25, -0.2) is 4.39 Å². The molecule has 0 aliphatic heterocycles. The Labute approximate surface area is 90.4 Å². The third-order valence-electron chi connectivity index (χ3n) is 1.83. The van der Waals surface area contributed by atoms with E-state index in [4.69, 9.17) is 5.73 Å². The van der Waals surface area contributed by atoms with Gasteiger partial charge in [0.15, 0.2) is 0 Å². The molecule has 0 spiro atoms. The van der Waals surface area contributed by atoms with Crippen molar-refractivity contribution in [1.29, 1.82) is 0 Å². The fourth-order valence-corrected chi connectivity index (χ4v) is 1.61. The number of alkyl halides is 1. The summed E-state index contributed by atoms with van der Waals surface area (Å²) in [4.78, 5) is 10.3. The zero-order chi connectivity index (χ0) is 10.7. The fourth-order valence-electron chi connectivity index (χ4n) is 1.24. The lowest BCUT2D eigenvalue weighted by molar-refractivity contribution is -0.117. The summed E-state index contributed by atoms with van der Waals surface area (Å²) in [6.07, 6.45) is 0.411. The number of amides is 1. The van der Waals surface area contributed by atoms with E-state index in [0.717, 1.165) is 11.1 Å². The summed E-state index contributed by atoms with van der Waals surface area (Å²) in [5.41, 5.74) is 6.68. The SMILES string of the molecule is Cc1cc(F)cc(CC(Br)C(N)=O)c1. The van der Waals surface area contributed by atoms with Crippen LogP contribution < -0.4 is 5.73 Å². The molecule has 1 aromatic carbocycles. The van der Waals surface area contributed by atoms with E-state index in [2.05, 4.69) is 15.9 Å². The second kappa shape index (κ2) is 4.55. The highest BCUT2D eigenvalue weighted by Crippen LogP contribution is 2.13. The van der Waals surface area contributed by atoms with Gasteiger partial charge in [0, 0.05) is 0 Å². The number of hydrogen-bond acceptors (Lipinski definition) is 1. The van der Waals surface area contributed by atoms with Gasteiger partial charge in [-0.3, -0.25) is 4.79 Å². The minimum atomic E-state index is -0.441. The van der Waals surface area contributed by atoms with E-state index in [9.17, 15) is 9.18 Å². The molecule has 1 rings (SSSR count). The first-order valence-electron chi connectivity index (χ1n) is 4.18. The number of carbonyl (C=O) groups excluding carboxylic acids is 1. The molecule has 0 bridgehead atoms. The number of benzene rings is 1.